The molecule has 0 bridgehead atoms. The van der Waals surface area contributed by atoms with Crippen molar-refractivity contribution in [1.82, 2.24) is 10.0 Å². The van der Waals surface area contributed by atoms with Crippen molar-refractivity contribution in [3.05, 3.63) is 14.3 Å². The normalized spacial score (nSPS) is 13.2. The van der Waals surface area contributed by atoms with Crippen LogP contribution in [0.1, 0.15) is 6.92 Å². The summed E-state index contributed by atoms with van der Waals surface area (Å²) >= 11 is 7.68. The molecule has 1 heterocycles. The molecule has 4 nitrogen and oxygen atoms in total. The summed E-state index contributed by atoms with van der Waals surface area (Å²) in [5.74, 6) is 0. The van der Waals surface area contributed by atoms with E-state index in [4.69, 9.17) is 0 Å². The Kier molecular flexibility index (Phi) is 7.78. The lowest BCUT2D eigenvalue weighted by Gasteiger charge is -2.11. The van der Waals surface area contributed by atoms with E-state index < -0.39 is 10.0 Å². The van der Waals surface area contributed by atoms with Crippen molar-refractivity contribution >= 4 is 65.6 Å². The molecule has 0 aliphatic heterocycles. The first-order valence-electron chi connectivity index (χ1n) is 4.48. The van der Waals surface area contributed by atoms with Gasteiger partial charge in [0.1, 0.15) is 4.21 Å². The van der Waals surface area contributed by atoms with E-state index in [1.807, 2.05) is 6.92 Å². The third-order valence-corrected chi connectivity index (χ3v) is 7.74. The number of hydrogen-bond donors (Lipinski definition) is 2. The molecule has 9 heteroatoms. The lowest BCUT2D eigenvalue weighted by atomic mass is 10.4. The second kappa shape index (κ2) is 7.42. The summed E-state index contributed by atoms with van der Waals surface area (Å²) in [6.07, 6.45) is 0. The van der Waals surface area contributed by atoms with Crippen LogP contribution in [0.5, 0.6) is 0 Å². The third-order valence-electron chi connectivity index (χ3n) is 1.97. The zero-order chi connectivity index (χ0) is 12.3. The molecule has 100 valence electrons. The zero-order valence-electron chi connectivity index (χ0n) is 9.16. The fraction of sp³-hybridized carbons (Fsp3) is 0.500. The molecule has 1 aromatic heterocycles. The summed E-state index contributed by atoms with van der Waals surface area (Å²) in [6, 6.07) is 0.0944. The molecule has 1 atom stereocenters. The summed E-state index contributed by atoms with van der Waals surface area (Å²) in [5, 5.41) is 4.70. The van der Waals surface area contributed by atoms with Crippen molar-refractivity contribution < 1.29 is 8.42 Å². The summed E-state index contributed by atoms with van der Waals surface area (Å²) < 4.78 is 28.0. The largest absolute Gasteiger partial charge is 0.316 e. The zero-order valence-corrected chi connectivity index (χ0v) is 14.8. The molecule has 0 saturated heterocycles. The van der Waals surface area contributed by atoms with Crippen LogP contribution in [0.15, 0.2) is 18.5 Å². The predicted molar refractivity (Wildman–Crippen MR) is 80.7 cm³/mol. The van der Waals surface area contributed by atoms with Gasteiger partial charge in [0.05, 0.1) is 4.47 Å². The van der Waals surface area contributed by atoms with Gasteiger partial charge in [-0.2, -0.15) is 0 Å². The SMILES string of the molecule is CNC(C)CNS(=O)(=O)c1scc(Br)c1Br.Cl. The standard InChI is InChI=1S/C8H12Br2N2O2S2.ClH/c1-5(11-2)3-12-16(13,14)8-7(10)6(9)4-15-8;/h4-5,11-12H,3H2,1-2H3;1H. The first-order chi connectivity index (χ1) is 7.38. The van der Waals surface area contributed by atoms with Gasteiger partial charge in [0.15, 0.2) is 0 Å². The minimum Gasteiger partial charge on any atom is -0.316 e. The number of hydrogen-bond acceptors (Lipinski definition) is 4. The van der Waals surface area contributed by atoms with Crippen molar-refractivity contribution in [2.75, 3.05) is 13.6 Å². The van der Waals surface area contributed by atoms with E-state index in [9.17, 15) is 8.42 Å². The van der Waals surface area contributed by atoms with E-state index in [1.54, 1.807) is 12.4 Å². The summed E-state index contributed by atoms with van der Waals surface area (Å²) in [5.41, 5.74) is 0. The summed E-state index contributed by atoms with van der Waals surface area (Å²) in [6.45, 7) is 2.27. The van der Waals surface area contributed by atoms with Gasteiger partial charge in [0.25, 0.3) is 10.0 Å². The molecule has 0 aliphatic carbocycles. The Morgan fingerprint density at radius 2 is 2.06 bits per heavy atom. The third kappa shape index (κ3) is 4.77. The van der Waals surface area contributed by atoms with Crippen LogP contribution in [0.4, 0.5) is 0 Å². The second-order valence-electron chi connectivity index (χ2n) is 3.23. The van der Waals surface area contributed by atoms with Crippen LogP contribution in [0.2, 0.25) is 0 Å². The van der Waals surface area contributed by atoms with E-state index in [-0.39, 0.29) is 18.4 Å². The predicted octanol–water partition coefficient (Wildman–Crippen LogP) is 2.58. The second-order valence-corrected chi connectivity index (χ2v) is 7.72. The molecule has 0 aliphatic rings. The van der Waals surface area contributed by atoms with Crippen LogP contribution in [0.3, 0.4) is 0 Å². The number of likely N-dealkylation sites (N-methyl/N-ethyl adjacent to an activating group) is 1. The molecule has 1 aromatic rings. The van der Waals surface area contributed by atoms with E-state index in [0.717, 1.165) is 4.47 Å². The number of sulfonamides is 1. The first kappa shape index (κ1) is 17.8. The molecule has 2 N–H and O–H groups in total. The van der Waals surface area contributed by atoms with Crippen molar-refractivity contribution in [2.24, 2.45) is 0 Å². The minimum atomic E-state index is -3.42. The maximum absolute atomic E-state index is 11.9. The highest BCUT2D eigenvalue weighted by molar-refractivity contribution is 9.13. The van der Waals surface area contributed by atoms with E-state index in [2.05, 4.69) is 41.9 Å². The molecule has 17 heavy (non-hydrogen) atoms. The fourth-order valence-corrected chi connectivity index (χ4v) is 5.13. The van der Waals surface area contributed by atoms with Gasteiger partial charge in [-0.3, -0.25) is 0 Å². The Bertz CT molecular complexity index is 464. The van der Waals surface area contributed by atoms with Crippen molar-refractivity contribution in [1.29, 1.82) is 0 Å². The van der Waals surface area contributed by atoms with Crippen molar-refractivity contribution in [3.8, 4) is 0 Å². The molecule has 0 spiro atoms. The molecule has 0 saturated carbocycles. The summed E-state index contributed by atoms with van der Waals surface area (Å²) in [7, 11) is -1.64. The van der Waals surface area contributed by atoms with Crippen LogP contribution in [-0.2, 0) is 10.0 Å². The fourth-order valence-electron chi connectivity index (χ4n) is 0.890. The lowest BCUT2D eigenvalue weighted by Crippen LogP contribution is -2.36. The Balaban J connectivity index is 0.00000256. The van der Waals surface area contributed by atoms with Crippen LogP contribution in [-0.4, -0.2) is 28.1 Å². The number of halogens is 3. The van der Waals surface area contributed by atoms with Gasteiger partial charge in [0.2, 0.25) is 0 Å². The number of rotatable bonds is 5. The molecule has 0 radical (unpaired) electrons. The summed E-state index contributed by atoms with van der Waals surface area (Å²) in [4.78, 5) is 0. The van der Waals surface area contributed by atoms with E-state index >= 15 is 0 Å². The Morgan fingerprint density at radius 3 is 2.47 bits per heavy atom. The van der Waals surface area contributed by atoms with E-state index in [0.29, 0.717) is 15.2 Å². The smallest absolute Gasteiger partial charge is 0.251 e. The minimum absolute atomic E-state index is 0. The van der Waals surface area contributed by atoms with Gasteiger partial charge in [-0.15, -0.1) is 23.7 Å². The Hall–Kier alpha value is 0.820. The lowest BCUT2D eigenvalue weighted by molar-refractivity contribution is 0.555. The molecular formula is C8H13Br2ClN2O2S2. The van der Waals surface area contributed by atoms with Crippen LogP contribution in [0, 0.1) is 0 Å². The van der Waals surface area contributed by atoms with Gasteiger partial charge in [-0.1, -0.05) is 0 Å². The van der Waals surface area contributed by atoms with Crippen LogP contribution < -0.4 is 10.0 Å². The van der Waals surface area contributed by atoms with Gasteiger partial charge in [0, 0.05) is 22.4 Å². The molecule has 0 fully saturated rings. The maximum Gasteiger partial charge on any atom is 0.251 e. The highest BCUT2D eigenvalue weighted by Crippen LogP contribution is 2.35. The monoisotopic (exact) mass is 426 g/mol. The number of thiophene rings is 1. The molecular weight excluding hydrogens is 415 g/mol. The maximum atomic E-state index is 11.9. The van der Waals surface area contributed by atoms with Crippen molar-refractivity contribution in [2.45, 2.75) is 17.2 Å². The Morgan fingerprint density at radius 1 is 1.47 bits per heavy atom. The quantitative estimate of drug-likeness (QED) is 0.758. The van der Waals surface area contributed by atoms with Crippen molar-refractivity contribution in [3.63, 3.8) is 0 Å². The van der Waals surface area contributed by atoms with Gasteiger partial charge in [-0.05, 0) is 45.8 Å². The van der Waals surface area contributed by atoms with Crippen LogP contribution >= 0.6 is 55.6 Å². The average Bonchev–Trinajstić information content (AvgIpc) is 2.57. The highest BCUT2D eigenvalue weighted by atomic mass is 79.9. The molecule has 0 aromatic carbocycles. The molecule has 0 amide bonds. The van der Waals surface area contributed by atoms with Gasteiger partial charge in [-0.25, -0.2) is 13.1 Å². The number of nitrogens with one attached hydrogen (secondary N) is 2. The first-order valence-corrected chi connectivity index (χ1v) is 8.42. The van der Waals surface area contributed by atoms with Gasteiger partial charge >= 0.3 is 0 Å². The van der Waals surface area contributed by atoms with Gasteiger partial charge < -0.3 is 5.32 Å². The van der Waals surface area contributed by atoms with E-state index in [1.165, 1.54) is 11.3 Å². The highest BCUT2D eigenvalue weighted by Gasteiger charge is 2.21. The average molecular weight is 429 g/mol. The van der Waals surface area contributed by atoms with Crippen LogP contribution in [0.25, 0.3) is 0 Å². The topological polar surface area (TPSA) is 58.2 Å². The molecule has 1 rings (SSSR count). The molecule has 1 unspecified atom stereocenters. The Labute approximate surface area is 128 Å².